The summed E-state index contributed by atoms with van der Waals surface area (Å²) in [7, 11) is -3.78. The number of fused-ring (bicyclic) bond motifs is 2. The molecule has 2 heterocycles. The van der Waals surface area contributed by atoms with Crippen molar-refractivity contribution >= 4 is 54.8 Å². The van der Waals surface area contributed by atoms with Crippen LogP contribution in [-0.2, 0) is 16.6 Å². The molecule has 0 bridgehead atoms. The first-order valence-electron chi connectivity index (χ1n) is 10.7. The van der Waals surface area contributed by atoms with Gasteiger partial charge in [-0.15, -0.1) is 0 Å². The molecule has 1 N–H and O–H groups in total. The molecule has 0 aliphatic carbocycles. The van der Waals surface area contributed by atoms with E-state index in [0.717, 1.165) is 10.2 Å². The fourth-order valence-corrected chi connectivity index (χ4v) is 5.94. The topological polar surface area (TPSA) is 99.0 Å². The van der Waals surface area contributed by atoms with Crippen LogP contribution in [-0.4, -0.2) is 32.1 Å². The molecule has 0 saturated carbocycles. The molecule has 3 aromatic carbocycles. The second-order valence-corrected chi connectivity index (χ2v) is 10.8. The van der Waals surface area contributed by atoms with E-state index in [-0.39, 0.29) is 4.90 Å². The molecule has 0 radical (unpaired) electrons. The number of anilines is 1. The van der Waals surface area contributed by atoms with E-state index in [0.29, 0.717) is 52.3 Å². The molecule has 11 heteroatoms. The zero-order chi connectivity index (χ0) is 24.6. The first-order valence-corrected chi connectivity index (χ1v) is 13.4. The Morgan fingerprint density at radius 1 is 1.06 bits per heavy atom. The molecule has 0 unspecified atom stereocenters. The zero-order valence-electron chi connectivity index (χ0n) is 18.5. The molecule has 0 atom stereocenters. The van der Waals surface area contributed by atoms with Gasteiger partial charge in [0.25, 0.3) is 15.9 Å². The van der Waals surface area contributed by atoms with Crippen molar-refractivity contribution in [3.63, 3.8) is 0 Å². The van der Waals surface area contributed by atoms with E-state index in [2.05, 4.69) is 9.71 Å². The average Bonchev–Trinajstić information content (AvgIpc) is 3.18. The van der Waals surface area contributed by atoms with E-state index in [1.807, 2.05) is 23.6 Å². The maximum absolute atomic E-state index is 12.9. The van der Waals surface area contributed by atoms with Crippen LogP contribution in [0.2, 0.25) is 5.02 Å². The normalized spacial score (nSPS) is 13.7. The third-order valence-electron chi connectivity index (χ3n) is 5.37. The van der Waals surface area contributed by atoms with Crippen LogP contribution in [0.5, 0.6) is 11.5 Å². The number of carbonyl (C=O) groups is 1. The number of ether oxygens (including phenoxy) is 2. The fraction of sp³-hybridized carbons (Fsp3) is 0.167. The van der Waals surface area contributed by atoms with Gasteiger partial charge in [-0.1, -0.05) is 22.9 Å². The Morgan fingerprint density at radius 3 is 2.37 bits per heavy atom. The Morgan fingerprint density at radius 2 is 1.71 bits per heavy atom. The number of nitrogens with zero attached hydrogens (tertiary/aromatic N) is 2. The molecule has 4 aromatic rings. The van der Waals surface area contributed by atoms with Crippen LogP contribution in [0.25, 0.3) is 10.2 Å². The van der Waals surface area contributed by atoms with Crippen molar-refractivity contribution in [2.24, 2.45) is 4.99 Å². The number of aryl methyl sites for hydroxylation is 1. The van der Waals surface area contributed by atoms with E-state index in [9.17, 15) is 13.2 Å². The van der Waals surface area contributed by atoms with Crippen molar-refractivity contribution in [3.05, 3.63) is 76.1 Å². The number of hydrogen-bond acceptors (Lipinski definition) is 6. The highest BCUT2D eigenvalue weighted by Crippen LogP contribution is 2.35. The van der Waals surface area contributed by atoms with Gasteiger partial charge in [-0.2, -0.15) is 4.99 Å². The van der Waals surface area contributed by atoms with Gasteiger partial charge in [0.15, 0.2) is 16.3 Å². The van der Waals surface area contributed by atoms with E-state index < -0.39 is 15.9 Å². The number of sulfonamides is 1. The molecule has 0 fully saturated rings. The highest BCUT2D eigenvalue weighted by molar-refractivity contribution is 7.92. The largest absolute Gasteiger partial charge is 0.486 e. The summed E-state index contributed by atoms with van der Waals surface area (Å²) in [4.78, 5) is 17.9. The van der Waals surface area contributed by atoms with Crippen LogP contribution in [0.15, 0.2) is 70.6 Å². The summed E-state index contributed by atoms with van der Waals surface area (Å²) < 4.78 is 41.9. The highest BCUT2D eigenvalue weighted by atomic mass is 35.5. The number of thiazole rings is 1. The minimum Gasteiger partial charge on any atom is -0.486 e. The number of amides is 1. The summed E-state index contributed by atoms with van der Waals surface area (Å²) in [6.45, 7) is 3.60. The molecule has 0 spiro atoms. The number of rotatable bonds is 5. The lowest BCUT2D eigenvalue weighted by molar-refractivity contribution is 0.0998. The van der Waals surface area contributed by atoms with Crippen molar-refractivity contribution in [1.82, 2.24) is 4.57 Å². The lowest BCUT2D eigenvalue weighted by Gasteiger charge is -2.18. The van der Waals surface area contributed by atoms with Crippen LogP contribution >= 0.6 is 22.9 Å². The maximum Gasteiger partial charge on any atom is 0.279 e. The Balaban J connectivity index is 1.41. The Labute approximate surface area is 210 Å². The summed E-state index contributed by atoms with van der Waals surface area (Å²) in [5, 5.41) is 0.444. The molecule has 180 valence electrons. The first-order chi connectivity index (χ1) is 16.8. The van der Waals surface area contributed by atoms with Crippen LogP contribution < -0.4 is 19.0 Å². The van der Waals surface area contributed by atoms with Crippen molar-refractivity contribution in [2.75, 3.05) is 17.9 Å². The number of nitrogens with one attached hydrogen (secondary N) is 1. The number of halogens is 1. The van der Waals surface area contributed by atoms with Gasteiger partial charge < -0.3 is 14.0 Å². The minimum absolute atomic E-state index is 0.0865. The minimum atomic E-state index is -3.78. The molecule has 1 aliphatic rings. The molecule has 5 rings (SSSR count). The quantitative estimate of drug-likeness (QED) is 0.404. The summed E-state index contributed by atoms with van der Waals surface area (Å²) >= 11 is 7.22. The average molecular weight is 530 g/mol. The van der Waals surface area contributed by atoms with Gasteiger partial charge in [-0.3, -0.25) is 9.52 Å². The van der Waals surface area contributed by atoms with Gasteiger partial charge in [-0.05, 0) is 55.5 Å². The Hall–Kier alpha value is -3.34. The first kappa shape index (κ1) is 23.4. The number of aromatic nitrogens is 1. The van der Waals surface area contributed by atoms with E-state index in [1.54, 1.807) is 0 Å². The standard InChI is InChI=1S/C24H20ClN3O5S2/c1-2-28-19-13-20-21(33-12-11-32-20)14-22(19)34-24(28)26-23(29)15-3-7-17(8-4-15)27-35(30,31)18-9-5-16(25)6-10-18/h3-10,13-14,27H,2,11-12H2,1H3. The summed E-state index contributed by atoms with van der Waals surface area (Å²) in [5.41, 5.74) is 1.58. The molecule has 1 aromatic heterocycles. The third-order valence-corrected chi connectivity index (χ3v) is 8.06. The Kier molecular flexibility index (Phi) is 6.26. The number of benzene rings is 3. The predicted octanol–water partition coefficient (Wildman–Crippen LogP) is 4.69. The van der Waals surface area contributed by atoms with Crippen LogP contribution in [0, 0.1) is 0 Å². The molecular weight excluding hydrogens is 510 g/mol. The molecule has 35 heavy (non-hydrogen) atoms. The van der Waals surface area contributed by atoms with Crippen molar-refractivity contribution < 1.29 is 22.7 Å². The van der Waals surface area contributed by atoms with Gasteiger partial charge >= 0.3 is 0 Å². The van der Waals surface area contributed by atoms with Gasteiger partial charge in [0.1, 0.15) is 13.2 Å². The third kappa shape index (κ3) is 4.77. The highest BCUT2D eigenvalue weighted by Gasteiger charge is 2.17. The summed E-state index contributed by atoms with van der Waals surface area (Å²) in [5.74, 6) is 0.934. The van der Waals surface area contributed by atoms with Gasteiger partial charge in [0, 0.05) is 35.0 Å². The summed E-state index contributed by atoms with van der Waals surface area (Å²) in [6.07, 6.45) is 0. The van der Waals surface area contributed by atoms with Gasteiger partial charge in [-0.25, -0.2) is 8.42 Å². The van der Waals surface area contributed by atoms with Crippen molar-refractivity contribution in [2.45, 2.75) is 18.4 Å². The molecule has 1 amide bonds. The van der Waals surface area contributed by atoms with Crippen LogP contribution in [0.1, 0.15) is 17.3 Å². The number of carbonyl (C=O) groups excluding carboxylic acids is 1. The monoisotopic (exact) mass is 529 g/mol. The predicted molar refractivity (Wildman–Crippen MR) is 135 cm³/mol. The SMILES string of the molecule is CCn1c(=NC(=O)c2ccc(NS(=O)(=O)c3ccc(Cl)cc3)cc2)sc2cc3c(cc21)OCCO3. The second-order valence-electron chi connectivity index (χ2n) is 7.65. The lowest BCUT2D eigenvalue weighted by Crippen LogP contribution is -2.17. The fourth-order valence-electron chi connectivity index (χ4n) is 3.66. The van der Waals surface area contributed by atoms with E-state index in [4.69, 9.17) is 21.1 Å². The van der Waals surface area contributed by atoms with E-state index in [1.165, 1.54) is 59.9 Å². The van der Waals surface area contributed by atoms with E-state index >= 15 is 0 Å². The maximum atomic E-state index is 12.9. The van der Waals surface area contributed by atoms with Crippen molar-refractivity contribution in [1.29, 1.82) is 0 Å². The molecular formula is C24H20ClN3O5S2. The number of hydrogen-bond donors (Lipinski definition) is 1. The molecule has 0 saturated heterocycles. The van der Waals surface area contributed by atoms with Crippen LogP contribution in [0.3, 0.4) is 0 Å². The second kappa shape index (κ2) is 9.37. The summed E-state index contributed by atoms with van der Waals surface area (Å²) in [6, 6.07) is 15.8. The van der Waals surface area contributed by atoms with Crippen molar-refractivity contribution in [3.8, 4) is 11.5 Å². The molecule has 8 nitrogen and oxygen atoms in total. The molecule has 1 aliphatic heterocycles. The Bertz CT molecular complexity index is 1590. The van der Waals surface area contributed by atoms with Gasteiger partial charge in [0.2, 0.25) is 0 Å². The van der Waals surface area contributed by atoms with Crippen LogP contribution in [0.4, 0.5) is 5.69 Å². The lowest BCUT2D eigenvalue weighted by atomic mass is 10.2. The zero-order valence-corrected chi connectivity index (χ0v) is 20.9. The smallest absolute Gasteiger partial charge is 0.279 e. The van der Waals surface area contributed by atoms with Gasteiger partial charge in [0.05, 0.1) is 15.1 Å².